The molecule has 1 aliphatic rings. The summed E-state index contributed by atoms with van der Waals surface area (Å²) in [7, 11) is 0. The van der Waals surface area contributed by atoms with Crippen LogP contribution in [0.5, 0.6) is 0 Å². The molecule has 0 saturated carbocycles. The van der Waals surface area contributed by atoms with E-state index in [1.165, 1.54) is 18.2 Å². The van der Waals surface area contributed by atoms with Crippen LogP contribution in [0.1, 0.15) is 30.7 Å². The molecule has 156 valence electrons. The molecule has 2 aromatic carbocycles. The summed E-state index contributed by atoms with van der Waals surface area (Å²) in [6, 6.07) is 15.5. The lowest BCUT2D eigenvalue weighted by Crippen LogP contribution is -2.30. The maximum atomic E-state index is 12.5. The van der Waals surface area contributed by atoms with Crippen molar-refractivity contribution in [2.75, 3.05) is 29.1 Å². The summed E-state index contributed by atoms with van der Waals surface area (Å²) in [4.78, 5) is 14.8. The molecule has 1 amide bonds. The molecular weight excluding hydrogens is 420 g/mol. The Kier molecular flexibility index (Phi) is 6.92. The van der Waals surface area contributed by atoms with E-state index in [4.69, 9.17) is 16.0 Å². The Morgan fingerprint density at radius 2 is 1.87 bits per heavy atom. The van der Waals surface area contributed by atoms with Crippen molar-refractivity contribution >= 4 is 40.6 Å². The smallest absolute Gasteiger partial charge is 0.277 e. The number of nitrogens with one attached hydrogen (secondary N) is 1. The highest BCUT2D eigenvalue weighted by atomic mass is 35.5. The highest BCUT2D eigenvalue weighted by Gasteiger charge is 2.19. The molecule has 1 aromatic heterocycles. The van der Waals surface area contributed by atoms with Gasteiger partial charge in [-0.1, -0.05) is 59.8 Å². The van der Waals surface area contributed by atoms with Crippen LogP contribution in [0.2, 0.25) is 5.02 Å². The summed E-state index contributed by atoms with van der Waals surface area (Å²) in [5.74, 6) is 0.577. The number of amides is 1. The minimum absolute atomic E-state index is 0.136. The molecule has 3 aromatic rings. The molecule has 1 N–H and O–H groups in total. The van der Waals surface area contributed by atoms with Gasteiger partial charge in [0.05, 0.1) is 28.6 Å². The summed E-state index contributed by atoms with van der Waals surface area (Å²) < 4.78 is 5.66. The van der Waals surface area contributed by atoms with Gasteiger partial charge < -0.3 is 14.6 Å². The highest BCUT2D eigenvalue weighted by Crippen LogP contribution is 2.35. The molecule has 8 heteroatoms. The Labute approximate surface area is 185 Å². The lowest BCUT2D eigenvalue weighted by Gasteiger charge is -2.31. The minimum atomic E-state index is -0.136. The SMILES string of the molecule is O=C(CSc1nnc(Cc2ccccc2)o1)Nc1cccc(Cl)c1N1CCCCC1. The molecule has 4 rings (SSSR count). The number of halogens is 1. The fourth-order valence-corrected chi connectivity index (χ4v) is 4.38. The van der Waals surface area contributed by atoms with Gasteiger partial charge >= 0.3 is 0 Å². The van der Waals surface area contributed by atoms with Crippen LogP contribution in [-0.4, -0.2) is 34.9 Å². The third-order valence-electron chi connectivity index (χ3n) is 4.91. The van der Waals surface area contributed by atoms with Gasteiger partial charge in [-0.3, -0.25) is 4.79 Å². The first kappa shape index (κ1) is 20.8. The first-order valence-electron chi connectivity index (χ1n) is 10.0. The predicted molar refractivity (Wildman–Crippen MR) is 120 cm³/mol. The van der Waals surface area contributed by atoms with Crippen molar-refractivity contribution in [2.45, 2.75) is 30.9 Å². The maximum absolute atomic E-state index is 12.5. The van der Waals surface area contributed by atoms with E-state index in [0.717, 1.165) is 42.9 Å². The number of nitrogens with zero attached hydrogens (tertiary/aromatic N) is 3. The van der Waals surface area contributed by atoms with Crippen LogP contribution < -0.4 is 10.2 Å². The Bertz CT molecular complexity index is 990. The fraction of sp³-hybridized carbons (Fsp3) is 0.318. The average Bonchev–Trinajstić information content (AvgIpc) is 3.21. The Morgan fingerprint density at radius 3 is 2.67 bits per heavy atom. The molecule has 2 heterocycles. The van der Waals surface area contributed by atoms with E-state index in [9.17, 15) is 4.79 Å². The molecule has 1 fully saturated rings. The van der Waals surface area contributed by atoms with Gasteiger partial charge in [0, 0.05) is 13.1 Å². The Hall–Kier alpha value is -2.51. The quantitative estimate of drug-likeness (QED) is 0.517. The standard InChI is InChI=1S/C22H23ClN4O2S/c23-17-10-7-11-18(21(17)27-12-5-2-6-13-27)24-19(28)15-30-22-26-25-20(29-22)14-16-8-3-1-4-9-16/h1,3-4,7-11H,2,5-6,12-15H2,(H,24,28). The number of anilines is 2. The van der Waals surface area contributed by atoms with E-state index in [-0.39, 0.29) is 11.7 Å². The first-order valence-corrected chi connectivity index (χ1v) is 11.4. The molecule has 0 aliphatic carbocycles. The Balaban J connectivity index is 1.35. The minimum Gasteiger partial charge on any atom is -0.416 e. The van der Waals surface area contributed by atoms with Crippen molar-refractivity contribution in [3.05, 3.63) is 65.0 Å². The zero-order chi connectivity index (χ0) is 20.8. The van der Waals surface area contributed by atoms with E-state index >= 15 is 0 Å². The second-order valence-corrected chi connectivity index (χ2v) is 8.48. The maximum Gasteiger partial charge on any atom is 0.277 e. The van der Waals surface area contributed by atoms with Crippen LogP contribution in [0.15, 0.2) is 58.2 Å². The van der Waals surface area contributed by atoms with Crippen LogP contribution in [-0.2, 0) is 11.2 Å². The Morgan fingerprint density at radius 1 is 1.07 bits per heavy atom. The average molecular weight is 443 g/mol. The van der Waals surface area contributed by atoms with Crippen LogP contribution in [0.4, 0.5) is 11.4 Å². The summed E-state index contributed by atoms with van der Waals surface area (Å²) in [5, 5.41) is 12.1. The molecule has 1 aliphatic heterocycles. The number of carbonyl (C=O) groups excluding carboxylic acids is 1. The highest BCUT2D eigenvalue weighted by molar-refractivity contribution is 7.99. The van der Waals surface area contributed by atoms with Crippen LogP contribution in [0, 0.1) is 0 Å². The van der Waals surface area contributed by atoms with E-state index in [0.29, 0.717) is 22.6 Å². The fourth-order valence-electron chi connectivity index (χ4n) is 3.51. The number of para-hydroxylation sites is 1. The number of hydrogen-bond acceptors (Lipinski definition) is 6. The zero-order valence-corrected chi connectivity index (χ0v) is 18.1. The summed E-state index contributed by atoms with van der Waals surface area (Å²) in [5.41, 5.74) is 2.74. The summed E-state index contributed by atoms with van der Waals surface area (Å²) in [6.07, 6.45) is 4.08. The van der Waals surface area contributed by atoms with Gasteiger partial charge in [-0.25, -0.2) is 0 Å². The molecular formula is C22H23ClN4O2S. The summed E-state index contributed by atoms with van der Waals surface area (Å²) >= 11 is 7.68. The van der Waals surface area contributed by atoms with E-state index in [2.05, 4.69) is 20.4 Å². The second-order valence-electron chi connectivity index (χ2n) is 7.14. The third kappa shape index (κ3) is 5.34. The van der Waals surface area contributed by atoms with Crippen molar-refractivity contribution in [3.63, 3.8) is 0 Å². The van der Waals surface area contributed by atoms with Gasteiger partial charge in [0.2, 0.25) is 11.8 Å². The van der Waals surface area contributed by atoms with Gasteiger partial charge in [0.1, 0.15) is 0 Å². The molecule has 0 unspecified atom stereocenters. The molecule has 6 nitrogen and oxygen atoms in total. The van der Waals surface area contributed by atoms with Crippen molar-refractivity contribution in [1.29, 1.82) is 0 Å². The first-order chi connectivity index (χ1) is 14.7. The molecule has 1 saturated heterocycles. The lowest BCUT2D eigenvalue weighted by atomic mass is 10.1. The number of carbonyl (C=O) groups is 1. The molecule has 0 radical (unpaired) electrons. The van der Waals surface area contributed by atoms with E-state index < -0.39 is 0 Å². The number of thioether (sulfide) groups is 1. The van der Waals surface area contributed by atoms with Gasteiger partial charge in [-0.05, 0) is 37.0 Å². The number of benzene rings is 2. The van der Waals surface area contributed by atoms with E-state index in [1.807, 2.05) is 48.5 Å². The topological polar surface area (TPSA) is 71.3 Å². The molecule has 0 atom stereocenters. The largest absolute Gasteiger partial charge is 0.416 e. The molecule has 30 heavy (non-hydrogen) atoms. The van der Waals surface area contributed by atoms with Crippen molar-refractivity contribution in [1.82, 2.24) is 10.2 Å². The summed E-state index contributed by atoms with van der Waals surface area (Å²) in [6.45, 7) is 1.90. The molecule has 0 bridgehead atoms. The van der Waals surface area contributed by atoms with Gasteiger partial charge in [-0.15, -0.1) is 10.2 Å². The van der Waals surface area contributed by atoms with Gasteiger partial charge in [0.25, 0.3) is 5.22 Å². The van der Waals surface area contributed by atoms with Crippen LogP contribution >= 0.6 is 23.4 Å². The van der Waals surface area contributed by atoms with Crippen molar-refractivity contribution in [2.24, 2.45) is 0 Å². The van der Waals surface area contributed by atoms with Crippen molar-refractivity contribution in [3.8, 4) is 0 Å². The lowest BCUT2D eigenvalue weighted by molar-refractivity contribution is -0.113. The normalized spacial score (nSPS) is 14.0. The van der Waals surface area contributed by atoms with E-state index in [1.54, 1.807) is 0 Å². The zero-order valence-electron chi connectivity index (χ0n) is 16.5. The number of rotatable bonds is 7. The van der Waals surface area contributed by atoms with Gasteiger partial charge in [-0.2, -0.15) is 0 Å². The third-order valence-corrected chi connectivity index (χ3v) is 6.03. The monoisotopic (exact) mass is 442 g/mol. The predicted octanol–water partition coefficient (Wildman–Crippen LogP) is 5.03. The molecule has 0 spiro atoms. The van der Waals surface area contributed by atoms with Crippen LogP contribution in [0.3, 0.4) is 0 Å². The second kappa shape index (κ2) is 10.00. The number of piperidine rings is 1. The van der Waals surface area contributed by atoms with Crippen molar-refractivity contribution < 1.29 is 9.21 Å². The van der Waals surface area contributed by atoms with Crippen LogP contribution in [0.25, 0.3) is 0 Å². The number of hydrogen-bond donors (Lipinski definition) is 1. The van der Waals surface area contributed by atoms with Gasteiger partial charge in [0.15, 0.2) is 0 Å². The number of aromatic nitrogens is 2.